The van der Waals surface area contributed by atoms with Crippen LogP contribution in [0, 0.1) is 15.2 Å². The molecule has 0 heterocycles. The van der Waals surface area contributed by atoms with Gasteiger partial charge in [-0.1, -0.05) is 12.1 Å². The maximum absolute atomic E-state index is 13.2. The molecule has 0 bridgehead atoms. The minimum absolute atomic E-state index is 0.188. The summed E-state index contributed by atoms with van der Waals surface area (Å²) in [5.41, 5.74) is 1.04. The predicted octanol–water partition coefficient (Wildman–Crippen LogP) is 3.01. The van der Waals surface area contributed by atoms with Crippen molar-refractivity contribution >= 4 is 34.5 Å². The topological polar surface area (TPSA) is 55.4 Å². The van der Waals surface area contributed by atoms with Crippen molar-refractivity contribution in [3.05, 3.63) is 68.8 Å². The van der Waals surface area contributed by atoms with E-state index in [1.165, 1.54) is 7.11 Å². The summed E-state index contributed by atoms with van der Waals surface area (Å²) in [5, 5.41) is 2.56. The molecule has 2 aromatic rings. The Morgan fingerprint density at radius 3 is 2.24 bits per heavy atom. The molecule has 4 nitrogen and oxygen atoms in total. The molecule has 1 N–H and O–H groups in total. The van der Waals surface area contributed by atoms with Crippen LogP contribution in [0.25, 0.3) is 0 Å². The summed E-state index contributed by atoms with van der Waals surface area (Å²) in [4.78, 5) is 24.1. The van der Waals surface area contributed by atoms with Crippen molar-refractivity contribution in [3.63, 3.8) is 0 Å². The fraction of sp³-hybridized carbons (Fsp3) is 0.222. The van der Waals surface area contributed by atoms with Crippen molar-refractivity contribution < 1.29 is 23.1 Å². The van der Waals surface area contributed by atoms with Gasteiger partial charge in [0.05, 0.1) is 13.5 Å². The molecule has 0 saturated heterocycles. The molecule has 132 valence electrons. The highest BCUT2D eigenvalue weighted by Gasteiger charge is 2.22. The second-order valence-corrected chi connectivity index (χ2v) is 6.67. The second-order valence-electron chi connectivity index (χ2n) is 5.43. The molecule has 0 spiro atoms. The number of nitrogens with one attached hydrogen (secondary N) is 1. The van der Waals surface area contributed by atoms with Gasteiger partial charge in [-0.15, -0.1) is 0 Å². The number of carbonyl (C=O) groups excluding carboxylic acids is 2. The van der Waals surface area contributed by atoms with E-state index in [0.29, 0.717) is 0 Å². The van der Waals surface area contributed by atoms with E-state index in [1.54, 1.807) is 0 Å². The van der Waals surface area contributed by atoms with E-state index in [-0.39, 0.29) is 18.4 Å². The molecule has 0 saturated carbocycles. The predicted molar refractivity (Wildman–Crippen MR) is 96.9 cm³/mol. The Bertz CT molecular complexity index is 745. The minimum Gasteiger partial charge on any atom is -0.467 e. The summed E-state index contributed by atoms with van der Waals surface area (Å²) in [6.07, 6.45) is 0.0156. The van der Waals surface area contributed by atoms with Crippen LogP contribution in [0.3, 0.4) is 0 Å². The van der Waals surface area contributed by atoms with Gasteiger partial charge in [0, 0.05) is 16.1 Å². The average molecular weight is 459 g/mol. The van der Waals surface area contributed by atoms with Gasteiger partial charge >= 0.3 is 5.97 Å². The van der Waals surface area contributed by atoms with Gasteiger partial charge in [0.25, 0.3) is 0 Å². The van der Waals surface area contributed by atoms with Gasteiger partial charge in [-0.2, -0.15) is 0 Å². The molecular weight excluding hydrogens is 443 g/mol. The quantitative estimate of drug-likeness (QED) is 0.534. The van der Waals surface area contributed by atoms with Crippen molar-refractivity contribution in [2.45, 2.75) is 18.9 Å². The lowest BCUT2D eigenvalue weighted by Gasteiger charge is -2.17. The zero-order valence-corrected chi connectivity index (χ0v) is 15.5. The Kier molecular flexibility index (Phi) is 6.86. The lowest BCUT2D eigenvalue weighted by atomic mass is 10.1. The SMILES string of the molecule is COC(=O)[C@@H](Cc1ccc(I)cc1)NC(=O)Cc1cc(F)cc(F)c1. The fourth-order valence-electron chi connectivity index (χ4n) is 2.34. The third-order valence-electron chi connectivity index (χ3n) is 3.46. The van der Waals surface area contributed by atoms with E-state index < -0.39 is 29.6 Å². The van der Waals surface area contributed by atoms with Crippen LogP contribution in [0.4, 0.5) is 8.78 Å². The first-order chi connectivity index (χ1) is 11.9. The van der Waals surface area contributed by atoms with Crippen LogP contribution >= 0.6 is 22.6 Å². The van der Waals surface area contributed by atoms with Gasteiger partial charge in [-0.3, -0.25) is 4.79 Å². The summed E-state index contributed by atoms with van der Waals surface area (Å²) in [7, 11) is 1.23. The lowest BCUT2D eigenvalue weighted by molar-refractivity contribution is -0.145. The minimum atomic E-state index is -0.879. The van der Waals surface area contributed by atoms with Gasteiger partial charge in [0.1, 0.15) is 17.7 Å². The van der Waals surface area contributed by atoms with E-state index in [9.17, 15) is 18.4 Å². The number of methoxy groups -OCH3 is 1. The summed E-state index contributed by atoms with van der Waals surface area (Å²) in [6, 6.07) is 9.50. The molecule has 0 fully saturated rings. The number of rotatable bonds is 6. The van der Waals surface area contributed by atoms with E-state index in [4.69, 9.17) is 4.74 Å². The van der Waals surface area contributed by atoms with E-state index >= 15 is 0 Å². The van der Waals surface area contributed by atoms with Crippen LogP contribution in [0.1, 0.15) is 11.1 Å². The molecule has 2 rings (SSSR count). The third-order valence-corrected chi connectivity index (χ3v) is 4.18. The number of halogens is 3. The molecule has 0 aliphatic rings. The van der Waals surface area contributed by atoms with Crippen molar-refractivity contribution in [2.24, 2.45) is 0 Å². The Hall–Kier alpha value is -2.03. The molecule has 0 aliphatic heterocycles. The molecule has 2 aromatic carbocycles. The summed E-state index contributed by atoms with van der Waals surface area (Å²) in [5.74, 6) is -2.62. The highest BCUT2D eigenvalue weighted by molar-refractivity contribution is 14.1. The lowest BCUT2D eigenvalue weighted by Crippen LogP contribution is -2.43. The summed E-state index contributed by atoms with van der Waals surface area (Å²) >= 11 is 2.17. The highest BCUT2D eigenvalue weighted by atomic mass is 127. The number of benzene rings is 2. The largest absolute Gasteiger partial charge is 0.467 e. The number of esters is 1. The summed E-state index contributed by atoms with van der Waals surface area (Å²) in [6.45, 7) is 0. The number of hydrogen-bond donors (Lipinski definition) is 1. The van der Waals surface area contributed by atoms with Crippen LogP contribution in [0.5, 0.6) is 0 Å². The molecule has 1 amide bonds. The van der Waals surface area contributed by atoms with Crippen molar-refractivity contribution in [1.82, 2.24) is 5.32 Å². The van der Waals surface area contributed by atoms with Crippen LogP contribution < -0.4 is 5.32 Å². The first-order valence-electron chi connectivity index (χ1n) is 7.44. The standard InChI is InChI=1S/C18H16F2INO3/c1-25-18(24)16(8-11-2-4-15(21)5-3-11)22-17(23)9-12-6-13(19)10-14(20)7-12/h2-7,10,16H,8-9H2,1H3,(H,22,23)/t16-/m1/s1. The Morgan fingerprint density at radius 2 is 1.68 bits per heavy atom. The highest BCUT2D eigenvalue weighted by Crippen LogP contribution is 2.11. The Balaban J connectivity index is 2.06. The third kappa shape index (κ3) is 6.08. The van der Waals surface area contributed by atoms with E-state index in [0.717, 1.165) is 27.3 Å². The molecular formula is C18H16F2INO3. The molecule has 0 aromatic heterocycles. The Morgan fingerprint density at radius 1 is 1.08 bits per heavy atom. The smallest absolute Gasteiger partial charge is 0.328 e. The monoisotopic (exact) mass is 459 g/mol. The fourth-order valence-corrected chi connectivity index (χ4v) is 2.70. The molecule has 1 atom stereocenters. The second kappa shape index (κ2) is 8.89. The van der Waals surface area contributed by atoms with Crippen LogP contribution in [0.2, 0.25) is 0 Å². The van der Waals surface area contributed by atoms with Gasteiger partial charge in [0.15, 0.2) is 0 Å². The van der Waals surface area contributed by atoms with Gasteiger partial charge in [0.2, 0.25) is 5.91 Å². The zero-order valence-electron chi connectivity index (χ0n) is 13.4. The van der Waals surface area contributed by atoms with E-state index in [1.807, 2.05) is 24.3 Å². The van der Waals surface area contributed by atoms with Crippen LogP contribution in [-0.4, -0.2) is 25.0 Å². The number of hydrogen-bond acceptors (Lipinski definition) is 3. The summed E-state index contributed by atoms with van der Waals surface area (Å²) < 4.78 is 32.2. The molecule has 25 heavy (non-hydrogen) atoms. The number of carbonyl (C=O) groups is 2. The van der Waals surface area contributed by atoms with Gasteiger partial charge < -0.3 is 10.1 Å². The van der Waals surface area contributed by atoms with Gasteiger partial charge in [-0.05, 0) is 58.0 Å². The van der Waals surface area contributed by atoms with Crippen molar-refractivity contribution in [1.29, 1.82) is 0 Å². The zero-order chi connectivity index (χ0) is 18.4. The maximum atomic E-state index is 13.2. The maximum Gasteiger partial charge on any atom is 0.328 e. The van der Waals surface area contributed by atoms with Crippen molar-refractivity contribution in [3.8, 4) is 0 Å². The number of ether oxygens (including phenoxy) is 1. The average Bonchev–Trinajstić information content (AvgIpc) is 2.54. The molecule has 0 aliphatic carbocycles. The molecule has 0 unspecified atom stereocenters. The number of amides is 1. The van der Waals surface area contributed by atoms with Crippen LogP contribution in [-0.2, 0) is 27.2 Å². The van der Waals surface area contributed by atoms with Crippen molar-refractivity contribution in [2.75, 3.05) is 7.11 Å². The molecule has 7 heteroatoms. The van der Waals surface area contributed by atoms with E-state index in [2.05, 4.69) is 27.9 Å². The van der Waals surface area contributed by atoms with Crippen LogP contribution in [0.15, 0.2) is 42.5 Å². The van der Waals surface area contributed by atoms with Gasteiger partial charge in [-0.25, -0.2) is 13.6 Å². The normalized spacial score (nSPS) is 11.7. The molecule has 0 radical (unpaired) electrons. The Labute approximate surface area is 157 Å². The first-order valence-corrected chi connectivity index (χ1v) is 8.52. The first kappa shape index (κ1) is 19.3.